The summed E-state index contributed by atoms with van der Waals surface area (Å²) in [5.41, 5.74) is -0.150. The number of rotatable bonds is 7. The van der Waals surface area contributed by atoms with Gasteiger partial charge in [0.2, 0.25) is 5.75 Å². The second-order valence-corrected chi connectivity index (χ2v) is 8.08. The molecule has 0 N–H and O–H groups in total. The highest BCUT2D eigenvalue weighted by molar-refractivity contribution is 5.90. The van der Waals surface area contributed by atoms with E-state index in [4.69, 9.17) is 14.2 Å². The summed E-state index contributed by atoms with van der Waals surface area (Å²) >= 11 is 0. The van der Waals surface area contributed by atoms with Crippen LogP contribution >= 0.6 is 0 Å². The number of esters is 1. The molecular formula is C23H28N2O5. The summed E-state index contributed by atoms with van der Waals surface area (Å²) in [5.74, 6) is 0.202. The fraction of sp³-hybridized carbons (Fsp3) is 0.522. The predicted octanol–water partition coefficient (Wildman–Crippen LogP) is 3.43. The van der Waals surface area contributed by atoms with Crippen LogP contribution in [0.4, 0.5) is 0 Å². The monoisotopic (exact) mass is 412 g/mol. The van der Waals surface area contributed by atoms with Crippen molar-refractivity contribution < 1.29 is 19.0 Å². The lowest BCUT2D eigenvalue weighted by Crippen LogP contribution is -2.39. The molecule has 5 rings (SSSR count). The van der Waals surface area contributed by atoms with Gasteiger partial charge in [0.1, 0.15) is 18.0 Å². The topological polar surface area (TPSA) is 79.7 Å². The van der Waals surface area contributed by atoms with E-state index in [-0.39, 0.29) is 23.6 Å². The minimum Gasteiger partial charge on any atom is -0.481 e. The van der Waals surface area contributed by atoms with Crippen LogP contribution in [0.2, 0.25) is 0 Å². The molecule has 1 aromatic carbocycles. The molecule has 0 amide bonds. The molecule has 2 aliphatic heterocycles. The van der Waals surface area contributed by atoms with Crippen molar-refractivity contribution in [3.05, 3.63) is 57.8 Å². The Morgan fingerprint density at radius 1 is 1.23 bits per heavy atom. The summed E-state index contributed by atoms with van der Waals surface area (Å²) in [6.45, 7) is 3.38. The van der Waals surface area contributed by atoms with E-state index in [1.165, 1.54) is 7.11 Å². The zero-order valence-electron chi connectivity index (χ0n) is 17.6. The number of carbonyl (C=O) groups is 1. The lowest BCUT2D eigenvalue weighted by Gasteiger charge is -2.36. The number of fused-ring (bicyclic) bond motifs is 2. The van der Waals surface area contributed by atoms with Gasteiger partial charge in [0.05, 0.1) is 7.11 Å². The lowest BCUT2D eigenvalue weighted by atomic mass is 9.80. The van der Waals surface area contributed by atoms with Gasteiger partial charge in [0.25, 0.3) is 5.56 Å². The minimum atomic E-state index is -0.678. The number of methoxy groups -OCH3 is 1. The number of ether oxygens (including phenoxy) is 3. The van der Waals surface area contributed by atoms with Crippen molar-refractivity contribution in [1.29, 1.82) is 0 Å². The summed E-state index contributed by atoms with van der Waals surface area (Å²) in [7, 11) is 1.28. The van der Waals surface area contributed by atoms with E-state index in [2.05, 4.69) is 11.9 Å². The molecule has 0 spiro atoms. The Labute approximate surface area is 176 Å². The van der Waals surface area contributed by atoms with E-state index in [1.54, 1.807) is 4.57 Å². The van der Waals surface area contributed by atoms with Gasteiger partial charge in [-0.1, -0.05) is 37.3 Å². The quantitative estimate of drug-likeness (QED) is 0.648. The van der Waals surface area contributed by atoms with Crippen LogP contribution < -0.4 is 10.3 Å². The summed E-state index contributed by atoms with van der Waals surface area (Å²) < 4.78 is 18.7. The van der Waals surface area contributed by atoms with Gasteiger partial charge in [-0.05, 0) is 43.6 Å². The van der Waals surface area contributed by atoms with E-state index >= 15 is 0 Å². The molecule has 3 heterocycles. The third kappa shape index (κ3) is 3.74. The molecule has 30 heavy (non-hydrogen) atoms. The van der Waals surface area contributed by atoms with Gasteiger partial charge in [-0.3, -0.25) is 9.36 Å². The number of hydrogen-bond acceptors (Lipinski definition) is 6. The van der Waals surface area contributed by atoms with Crippen LogP contribution in [0.3, 0.4) is 0 Å². The molecule has 0 saturated heterocycles. The summed E-state index contributed by atoms with van der Waals surface area (Å²) in [5, 5.41) is 0. The maximum atomic E-state index is 13.5. The first-order chi connectivity index (χ1) is 14.6. The normalized spacial score (nSPS) is 22.3. The fourth-order valence-electron chi connectivity index (χ4n) is 4.46. The molecule has 1 fully saturated rings. The summed E-state index contributed by atoms with van der Waals surface area (Å²) in [6, 6.07) is 9.51. The average molecular weight is 412 g/mol. The van der Waals surface area contributed by atoms with E-state index in [9.17, 15) is 9.59 Å². The number of nitrogens with zero attached hydrogens (tertiary/aromatic N) is 2. The minimum absolute atomic E-state index is 0.0543. The Morgan fingerprint density at radius 3 is 2.63 bits per heavy atom. The van der Waals surface area contributed by atoms with Crippen molar-refractivity contribution in [2.45, 2.75) is 57.8 Å². The van der Waals surface area contributed by atoms with Gasteiger partial charge in [0, 0.05) is 13.2 Å². The average Bonchev–Trinajstić information content (AvgIpc) is 3.04. The third-order valence-corrected chi connectivity index (χ3v) is 6.08. The Bertz CT molecular complexity index is 962. The number of hydrogen-bond donors (Lipinski definition) is 0. The highest BCUT2D eigenvalue weighted by Gasteiger charge is 2.46. The second kappa shape index (κ2) is 8.60. The zero-order valence-corrected chi connectivity index (χ0v) is 17.6. The molecule has 7 heteroatoms. The zero-order chi connectivity index (χ0) is 21.1. The van der Waals surface area contributed by atoms with Gasteiger partial charge >= 0.3 is 5.97 Å². The Balaban J connectivity index is 1.81. The standard InChI is InChI=1S/C23H28N2O5/c1-3-13-30-23-11-9-16(10-12-23)14-25-20(26)19(18(21(27)28-2)24-22(23)25)29-15-17-7-5-4-6-8-17/h4-8,16H,3,9-15H2,1-2H3. The second-order valence-electron chi connectivity index (χ2n) is 8.08. The van der Waals surface area contributed by atoms with Gasteiger partial charge in [0.15, 0.2) is 5.69 Å². The summed E-state index contributed by atoms with van der Waals surface area (Å²) in [4.78, 5) is 30.7. The predicted molar refractivity (Wildman–Crippen MR) is 110 cm³/mol. The van der Waals surface area contributed by atoms with Crippen LogP contribution in [-0.2, 0) is 28.2 Å². The smallest absolute Gasteiger partial charge is 0.360 e. The molecule has 160 valence electrons. The van der Waals surface area contributed by atoms with E-state index in [1.807, 2.05) is 30.3 Å². The molecule has 1 saturated carbocycles. The maximum absolute atomic E-state index is 13.5. The SMILES string of the molecule is CCCOC12CCC(CC1)Cn1c2nc(C(=O)OC)c(OCc2ccccc2)c1=O. The highest BCUT2D eigenvalue weighted by Crippen LogP contribution is 2.45. The van der Waals surface area contributed by atoms with Crippen LogP contribution in [0.5, 0.6) is 5.75 Å². The van der Waals surface area contributed by atoms with Crippen LogP contribution in [0.15, 0.2) is 35.1 Å². The van der Waals surface area contributed by atoms with Crippen molar-refractivity contribution in [3.63, 3.8) is 0 Å². The number of aromatic nitrogens is 2. The van der Waals surface area contributed by atoms with Crippen molar-refractivity contribution >= 4 is 5.97 Å². The molecule has 0 atom stereocenters. The van der Waals surface area contributed by atoms with Crippen molar-refractivity contribution in [2.24, 2.45) is 5.92 Å². The molecular weight excluding hydrogens is 384 g/mol. The number of carbonyl (C=O) groups excluding carboxylic acids is 1. The Hall–Kier alpha value is -2.67. The first-order valence-electron chi connectivity index (χ1n) is 10.6. The Morgan fingerprint density at radius 2 is 1.97 bits per heavy atom. The van der Waals surface area contributed by atoms with Crippen LogP contribution in [0.1, 0.15) is 60.9 Å². The van der Waals surface area contributed by atoms with E-state index in [0.29, 0.717) is 24.9 Å². The molecule has 2 aromatic rings. The van der Waals surface area contributed by atoms with Crippen LogP contribution in [0.25, 0.3) is 0 Å². The maximum Gasteiger partial charge on any atom is 0.360 e. The van der Waals surface area contributed by atoms with Crippen molar-refractivity contribution in [3.8, 4) is 5.75 Å². The van der Waals surface area contributed by atoms with Gasteiger partial charge in [-0.25, -0.2) is 9.78 Å². The number of benzene rings is 1. The van der Waals surface area contributed by atoms with Gasteiger partial charge in [-0.2, -0.15) is 0 Å². The third-order valence-electron chi connectivity index (χ3n) is 6.08. The first-order valence-corrected chi connectivity index (χ1v) is 10.6. The van der Waals surface area contributed by atoms with E-state index in [0.717, 1.165) is 37.7 Å². The molecule has 7 nitrogen and oxygen atoms in total. The van der Waals surface area contributed by atoms with Gasteiger partial charge in [-0.15, -0.1) is 0 Å². The fourth-order valence-corrected chi connectivity index (χ4v) is 4.46. The first kappa shape index (κ1) is 20.6. The molecule has 3 aliphatic rings. The van der Waals surface area contributed by atoms with Crippen LogP contribution in [-0.4, -0.2) is 29.2 Å². The highest BCUT2D eigenvalue weighted by atomic mass is 16.5. The largest absolute Gasteiger partial charge is 0.481 e. The van der Waals surface area contributed by atoms with Gasteiger partial charge < -0.3 is 14.2 Å². The van der Waals surface area contributed by atoms with Crippen molar-refractivity contribution in [1.82, 2.24) is 9.55 Å². The Kier molecular flexibility index (Phi) is 5.90. The lowest BCUT2D eigenvalue weighted by molar-refractivity contribution is -0.0842. The molecule has 0 radical (unpaired) electrons. The molecule has 1 aliphatic carbocycles. The van der Waals surface area contributed by atoms with E-state index < -0.39 is 11.6 Å². The molecule has 0 unspecified atom stereocenters. The van der Waals surface area contributed by atoms with Crippen LogP contribution in [0, 0.1) is 5.92 Å². The summed E-state index contributed by atoms with van der Waals surface area (Å²) in [6.07, 6.45) is 4.42. The molecule has 2 bridgehead atoms. The van der Waals surface area contributed by atoms with Crippen molar-refractivity contribution in [2.75, 3.05) is 13.7 Å². The molecule has 1 aromatic heterocycles.